The minimum atomic E-state index is -1.85. The Balaban J connectivity index is 2.96. The van der Waals surface area contributed by atoms with Gasteiger partial charge in [-0.1, -0.05) is 55.6 Å². The molecular formula is C17H19Cl3O6. The van der Waals surface area contributed by atoms with Crippen LogP contribution in [0.2, 0.25) is 15.1 Å². The van der Waals surface area contributed by atoms with E-state index in [2.05, 4.69) is 25.5 Å². The molecule has 0 aliphatic rings. The maximum atomic E-state index is 12.4. The van der Waals surface area contributed by atoms with Gasteiger partial charge in [0.05, 0.1) is 21.7 Å². The summed E-state index contributed by atoms with van der Waals surface area (Å²) in [6, 6.07) is 1.14. The molecule has 0 saturated heterocycles. The number of halogens is 3. The van der Waals surface area contributed by atoms with Gasteiger partial charge in [0.1, 0.15) is 5.56 Å². The fraction of sp³-hybridized carbons (Fsp3) is 0.471. The topological polar surface area (TPSA) is 89.9 Å². The Kier molecular flexibility index (Phi) is 8.67. The molecule has 0 aliphatic carbocycles. The zero-order valence-corrected chi connectivity index (χ0v) is 16.7. The van der Waals surface area contributed by atoms with Crippen molar-refractivity contribution in [3.8, 4) is 5.75 Å². The molecule has 0 heterocycles. The van der Waals surface area contributed by atoms with E-state index in [0.717, 1.165) is 12.5 Å². The van der Waals surface area contributed by atoms with Crippen LogP contribution in [0.3, 0.4) is 0 Å². The van der Waals surface area contributed by atoms with Crippen LogP contribution < -0.4 is 4.74 Å². The molecule has 0 fully saturated rings. The summed E-state index contributed by atoms with van der Waals surface area (Å²) in [5.41, 5.74) is -0.393. The molecule has 1 aromatic carbocycles. The molecule has 1 atom stereocenters. The lowest BCUT2D eigenvalue weighted by atomic mass is 9.93. The lowest BCUT2D eigenvalue weighted by molar-refractivity contribution is -0.158. The lowest BCUT2D eigenvalue weighted by Crippen LogP contribution is -2.21. The van der Waals surface area contributed by atoms with Gasteiger partial charge >= 0.3 is 17.9 Å². The van der Waals surface area contributed by atoms with Gasteiger partial charge in [-0.05, 0) is 30.7 Å². The molecule has 0 bridgehead atoms. The van der Waals surface area contributed by atoms with Gasteiger partial charge in [-0.15, -0.1) is 0 Å². The molecular weight excluding hydrogens is 407 g/mol. The highest BCUT2D eigenvalue weighted by atomic mass is 35.5. The molecule has 0 amide bonds. The zero-order valence-electron chi connectivity index (χ0n) is 14.5. The van der Waals surface area contributed by atoms with E-state index in [9.17, 15) is 14.4 Å². The first-order chi connectivity index (χ1) is 12.1. The van der Waals surface area contributed by atoms with E-state index in [1.165, 1.54) is 0 Å². The number of hydrogen-bond acceptors (Lipinski definition) is 5. The van der Waals surface area contributed by atoms with E-state index < -0.39 is 29.2 Å². The smallest absolute Gasteiger partial charge is 0.422 e. The fourth-order valence-corrected chi connectivity index (χ4v) is 2.69. The number of esters is 2. The van der Waals surface area contributed by atoms with Gasteiger partial charge in [0.2, 0.25) is 0 Å². The van der Waals surface area contributed by atoms with Gasteiger partial charge in [-0.3, -0.25) is 0 Å². The summed E-state index contributed by atoms with van der Waals surface area (Å²) in [6.45, 7) is 6.42. The van der Waals surface area contributed by atoms with E-state index >= 15 is 0 Å². The second-order valence-corrected chi connectivity index (χ2v) is 7.24. The third kappa shape index (κ3) is 6.04. The molecule has 1 aromatic rings. The summed E-state index contributed by atoms with van der Waals surface area (Å²) in [7, 11) is 0. The van der Waals surface area contributed by atoms with E-state index in [0.29, 0.717) is 18.3 Å². The van der Waals surface area contributed by atoms with Crippen LogP contribution in [0, 0.1) is 11.8 Å². The molecule has 0 spiro atoms. The Morgan fingerprint density at radius 1 is 1.12 bits per heavy atom. The third-order valence-electron chi connectivity index (χ3n) is 3.88. The molecule has 0 aromatic heterocycles. The number of carboxylic acids is 1. The summed E-state index contributed by atoms with van der Waals surface area (Å²) >= 11 is 17.8. The van der Waals surface area contributed by atoms with Gasteiger partial charge in [-0.2, -0.15) is 0 Å². The van der Waals surface area contributed by atoms with Crippen molar-refractivity contribution in [3.63, 3.8) is 0 Å². The number of carbonyl (C=O) groups is 3. The Morgan fingerprint density at radius 2 is 1.73 bits per heavy atom. The number of ether oxygens (including phenoxy) is 2. The van der Waals surface area contributed by atoms with Gasteiger partial charge in [-0.25, -0.2) is 14.4 Å². The Labute approximate surface area is 166 Å². The van der Waals surface area contributed by atoms with Crippen molar-refractivity contribution >= 4 is 52.7 Å². The van der Waals surface area contributed by atoms with Crippen LogP contribution in [-0.4, -0.2) is 29.6 Å². The summed E-state index contributed by atoms with van der Waals surface area (Å²) in [6.07, 6.45) is 1.48. The quantitative estimate of drug-likeness (QED) is 0.220. The van der Waals surface area contributed by atoms with E-state index in [-0.39, 0.29) is 21.7 Å². The van der Waals surface area contributed by atoms with E-state index in [4.69, 9.17) is 44.6 Å². The molecule has 0 saturated carbocycles. The zero-order chi connectivity index (χ0) is 20.0. The minimum Gasteiger partial charge on any atom is -0.473 e. The maximum absolute atomic E-state index is 12.4. The van der Waals surface area contributed by atoms with Crippen LogP contribution in [0.4, 0.5) is 0 Å². The Morgan fingerprint density at radius 3 is 2.27 bits per heavy atom. The number of carboxylic acid groups (broad SMARTS) is 1. The Hall–Kier alpha value is -1.50. The first-order valence-electron chi connectivity index (χ1n) is 7.85. The van der Waals surface area contributed by atoms with Crippen molar-refractivity contribution in [1.82, 2.24) is 0 Å². The van der Waals surface area contributed by atoms with Crippen molar-refractivity contribution in [2.24, 2.45) is 11.8 Å². The molecule has 1 rings (SSSR count). The number of hydrogen-bond donors (Lipinski definition) is 1. The maximum Gasteiger partial charge on any atom is 0.422 e. The van der Waals surface area contributed by atoms with Crippen molar-refractivity contribution < 1.29 is 29.0 Å². The highest BCUT2D eigenvalue weighted by Crippen LogP contribution is 2.39. The van der Waals surface area contributed by atoms with Gasteiger partial charge < -0.3 is 14.6 Å². The average molecular weight is 426 g/mol. The summed E-state index contributed by atoms with van der Waals surface area (Å²) in [5.74, 6) is -3.92. The van der Waals surface area contributed by atoms with Crippen molar-refractivity contribution in [1.29, 1.82) is 0 Å². The largest absolute Gasteiger partial charge is 0.473 e. The lowest BCUT2D eigenvalue weighted by Gasteiger charge is -2.16. The van der Waals surface area contributed by atoms with Gasteiger partial charge in [0.15, 0.2) is 5.75 Å². The van der Waals surface area contributed by atoms with Crippen LogP contribution in [0.25, 0.3) is 0 Å². The predicted octanol–water partition coefficient (Wildman–Crippen LogP) is 4.87. The fourth-order valence-electron chi connectivity index (χ4n) is 1.97. The third-order valence-corrected chi connectivity index (χ3v) is 4.94. The monoisotopic (exact) mass is 424 g/mol. The second kappa shape index (κ2) is 10.00. The molecule has 1 unspecified atom stereocenters. The number of benzene rings is 1. The molecule has 6 nitrogen and oxygen atoms in total. The van der Waals surface area contributed by atoms with Crippen LogP contribution >= 0.6 is 34.8 Å². The minimum absolute atomic E-state index is 0.0628. The molecule has 9 heteroatoms. The standard InChI is InChI=1S/C17H19Cl3O6/c1-8(2)9(3)5-4-6-25-16(23)12-13(20)10(18)7-11(19)14(12)26-17(24)15(21)22/h7-9H,4-6H2,1-3H3,(H,21,22). The van der Waals surface area contributed by atoms with Crippen LogP contribution in [0.15, 0.2) is 6.07 Å². The van der Waals surface area contributed by atoms with Crippen molar-refractivity contribution in [2.45, 2.75) is 33.6 Å². The predicted molar refractivity (Wildman–Crippen MR) is 98.3 cm³/mol. The molecule has 26 heavy (non-hydrogen) atoms. The molecule has 0 radical (unpaired) electrons. The highest BCUT2D eigenvalue weighted by molar-refractivity contribution is 6.46. The number of carbonyl (C=O) groups excluding carboxylic acids is 2. The average Bonchev–Trinajstić information content (AvgIpc) is 2.55. The SMILES string of the molecule is CC(C)C(C)CCCOC(=O)c1c(Cl)c(Cl)cc(Cl)c1OC(=O)C(=O)O. The van der Waals surface area contributed by atoms with Crippen LogP contribution in [0.1, 0.15) is 44.0 Å². The van der Waals surface area contributed by atoms with Gasteiger partial charge in [0.25, 0.3) is 0 Å². The normalized spacial score (nSPS) is 12.0. The second-order valence-electron chi connectivity index (χ2n) is 6.05. The van der Waals surface area contributed by atoms with E-state index in [1.54, 1.807) is 0 Å². The first-order valence-corrected chi connectivity index (χ1v) is 8.99. The number of rotatable bonds is 7. The Bertz CT molecular complexity index is 702. The summed E-state index contributed by atoms with van der Waals surface area (Å²) in [5, 5.41) is 8.12. The van der Waals surface area contributed by atoms with Gasteiger partial charge in [0, 0.05) is 0 Å². The molecule has 144 valence electrons. The molecule has 1 N–H and O–H groups in total. The van der Waals surface area contributed by atoms with E-state index in [1.807, 2.05) is 0 Å². The van der Waals surface area contributed by atoms with Crippen molar-refractivity contribution in [2.75, 3.05) is 6.61 Å². The number of aliphatic carboxylic acids is 1. The van der Waals surface area contributed by atoms with Crippen molar-refractivity contribution in [3.05, 3.63) is 26.7 Å². The van der Waals surface area contributed by atoms with Crippen LogP contribution in [0.5, 0.6) is 5.75 Å². The summed E-state index contributed by atoms with van der Waals surface area (Å²) in [4.78, 5) is 34.4. The summed E-state index contributed by atoms with van der Waals surface area (Å²) < 4.78 is 9.81. The highest BCUT2D eigenvalue weighted by Gasteiger charge is 2.27. The van der Waals surface area contributed by atoms with Crippen LogP contribution in [-0.2, 0) is 14.3 Å². The first kappa shape index (κ1) is 22.5. The molecule has 0 aliphatic heterocycles.